The van der Waals surface area contributed by atoms with Crippen LogP contribution in [0.5, 0.6) is 0 Å². The van der Waals surface area contributed by atoms with Crippen LogP contribution in [0.4, 0.5) is 11.4 Å². The van der Waals surface area contributed by atoms with E-state index < -0.39 is 35.6 Å². The van der Waals surface area contributed by atoms with Gasteiger partial charge in [0.1, 0.15) is 4.90 Å². The fourth-order valence-electron chi connectivity index (χ4n) is 3.73. The number of hydrogen-bond donors (Lipinski definition) is 3. The van der Waals surface area contributed by atoms with Crippen LogP contribution in [0.15, 0.2) is 90.9 Å². The molecule has 5 aromatic rings. The van der Waals surface area contributed by atoms with Gasteiger partial charge in [-0.2, -0.15) is 26.6 Å². The van der Waals surface area contributed by atoms with E-state index >= 15 is 0 Å². The van der Waals surface area contributed by atoms with Crippen molar-refractivity contribution in [3.8, 4) is 16.4 Å². The van der Waals surface area contributed by atoms with Crippen molar-refractivity contribution in [2.75, 3.05) is 0 Å². The van der Waals surface area contributed by atoms with Crippen LogP contribution >= 0.6 is 11.3 Å². The molecule has 0 saturated carbocycles. The topological polar surface area (TPSA) is 184 Å². The minimum Gasteiger partial charge on any atom is -0.291 e. The average Bonchev–Trinajstić information content (AvgIpc) is 3.46. The fourth-order valence-corrected chi connectivity index (χ4v) is 5.87. The fraction of sp³-hybridized carbons (Fsp3) is 0.0435. The molecule has 0 bridgehead atoms. The predicted molar refractivity (Wildman–Crippen MR) is 140 cm³/mol. The van der Waals surface area contributed by atoms with E-state index in [2.05, 4.69) is 20.3 Å². The summed E-state index contributed by atoms with van der Waals surface area (Å²) in [6.45, 7) is 1.63. The van der Waals surface area contributed by atoms with Crippen molar-refractivity contribution in [2.45, 2.75) is 16.7 Å². The number of rotatable bonds is 6. The number of fused-ring (bicyclic) bond motifs is 1. The van der Waals surface area contributed by atoms with E-state index in [1.54, 1.807) is 6.92 Å². The molecule has 12 nitrogen and oxygen atoms in total. The number of aryl methyl sites for hydroxylation is 1. The molecular weight excluding hydrogens is 554 g/mol. The molecule has 3 N–H and O–H groups in total. The molecule has 15 heteroatoms. The lowest BCUT2D eigenvalue weighted by molar-refractivity contribution is 0.482. The zero-order chi connectivity index (χ0) is 27.2. The third kappa shape index (κ3) is 4.92. The first kappa shape index (κ1) is 25.6. The number of nitrogens with one attached hydrogen (secondary N) is 1. The van der Waals surface area contributed by atoms with Gasteiger partial charge in [0.25, 0.3) is 20.2 Å². The second-order valence-corrected chi connectivity index (χ2v) is 11.7. The zero-order valence-electron chi connectivity index (χ0n) is 19.3. The van der Waals surface area contributed by atoms with E-state index in [1.165, 1.54) is 34.2 Å². The van der Waals surface area contributed by atoms with Crippen molar-refractivity contribution < 1.29 is 25.9 Å². The van der Waals surface area contributed by atoms with Gasteiger partial charge >= 0.3 is 5.56 Å². The number of thiazole rings is 1. The second-order valence-electron chi connectivity index (χ2n) is 8.08. The van der Waals surface area contributed by atoms with Crippen LogP contribution in [0, 0.1) is 6.92 Å². The molecule has 0 radical (unpaired) electrons. The van der Waals surface area contributed by atoms with Crippen LogP contribution in [0.3, 0.4) is 0 Å². The Hall–Kier alpha value is -4.02. The van der Waals surface area contributed by atoms with Crippen molar-refractivity contribution >= 4 is 53.7 Å². The first-order valence-electron chi connectivity index (χ1n) is 10.7. The summed E-state index contributed by atoms with van der Waals surface area (Å²) in [5.74, 6) is 0. The van der Waals surface area contributed by atoms with Crippen LogP contribution in [0.1, 0.15) is 5.69 Å². The Morgan fingerprint density at radius 2 is 1.68 bits per heavy atom. The Kier molecular flexibility index (Phi) is 6.32. The summed E-state index contributed by atoms with van der Waals surface area (Å²) in [6.07, 6.45) is 0. The van der Waals surface area contributed by atoms with Gasteiger partial charge in [-0.1, -0.05) is 36.4 Å². The molecule has 2 heterocycles. The quantitative estimate of drug-likeness (QED) is 0.194. The van der Waals surface area contributed by atoms with Gasteiger partial charge in [0.05, 0.1) is 22.0 Å². The highest BCUT2D eigenvalue weighted by Crippen LogP contribution is 2.31. The van der Waals surface area contributed by atoms with Crippen LogP contribution in [-0.4, -0.2) is 40.7 Å². The van der Waals surface area contributed by atoms with Crippen LogP contribution in [-0.2, 0) is 20.2 Å². The summed E-state index contributed by atoms with van der Waals surface area (Å²) in [4.78, 5) is 16.1. The lowest BCUT2D eigenvalue weighted by atomic mass is 10.1. The molecule has 0 atom stereocenters. The van der Waals surface area contributed by atoms with E-state index in [1.807, 2.05) is 35.7 Å². The SMILES string of the molecule is Cc1[nH]n(-c2nc(-c3ccccc3)cs2)c(=O)c1N=Nc1ccc2c(S(=O)(=O)O)cc(S(=O)(=O)O)cc2c1. The van der Waals surface area contributed by atoms with Crippen molar-refractivity contribution in [3.05, 3.63) is 82.1 Å². The standard InChI is InChI=1S/C23H17N5O7S3/c1-13-21(22(29)28(27-13)23-24-19(12-36-23)14-5-3-2-4-6-14)26-25-16-7-8-18-15(9-16)10-17(37(30,31)32)11-20(18)38(33,34)35/h2-12,27H,1H3,(H,30,31,32)(H,33,34,35). The molecule has 0 spiro atoms. The monoisotopic (exact) mass is 571 g/mol. The van der Waals surface area contributed by atoms with E-state index in [4.69, 9.17) is 0 Å². The molecule has 0 amide bonds. The number of H-pyrrole nitrogens is 1. The largest absolute Gasteiger partial charge is 0.301 e. The predicted octanol–water partition coefficient (Wildman–Crippen LogP) is 4.66. The van der Waals surface area contributed by atoms with Gasteiger partial charge in [-0.15, -0.1) is 16.5 Å². The van der Waals surface area contributed by atoms with Gasteiger partial charge < -0.3 is 0 Å². The van der Waals surface area contributed by atoms with Gasteiger partial charge in [-0.3, -0.25) is 19.0 Å². The maximum Gasteiger partial charge on any atom is 0.301 e. The first-order valence-corrected chi connectivity index (χ1v) is 14.5. The summed E-state index contributed by atoms with van der Waals surface area (Å²) in [5, 5.41) is 13.3. The smallest absolute Gasteiger partial charge is 0.291 e. The molecule has 0 unspecified atom stereocenters. The van der Waals surface area contributed by atoms with Gasteiger partial charge in [0.2, 0.25) is 5.13 Å². The number of azo groups is 1. The Balaban J connectivity index is 1.52. The average molecular weight is 572 g/mol. The van der Waals surface area contributed by atoms with Crippen LogP contribution < -0.4 is 5.56 Å². The summed E-state index contributed by atoms with van der Waals surface area (Å²) in [7, 11) is -9.59. The molecule has 0 fully saturated rings. The Morgan fingerprint density at radius 3 is 2.37 bits per heavy atom. The van der Waals surface area contributed by atoms with Crippen LogP contribution in [0.25, 0.3) is 27.2 Å². The number of nitrogens with zero attached hydrogens (tertiary/aromatic N) is 4. The van der Waals surface area contributed by atoms with Gasteiger partial charge in [0, 0.05) is 16.3 Å². The highest BCUT2D eigenvalue weighted by Gasteiger charge is 2.21. The van der Waals surface area contributed by atoms with E-state index in [-0.39, 0.29) is 22.1 Å². The van der Waals surface area contributed by atoms with Gasteiger partial charge in [0.15, 0.2) is 5.69 Å². The summed E-state index contributed by atoms with van der Waals surface area (Å²) < 4.78 is 67.0. The maximum absolute atomic E-state index is 13.0. The summed E-state index contributed by atoms with van der Waals surface area (Å²) in [6, 6.07) is 15.1. The minimum absolute atomic E-state index is 0.00276. The van der Waals surface area contributed by atoms with Crippen LogP contribution in [0.2, 0.25) is 0 Å². The highest BCUT2D eigenvalue weighted by molar-refractivity contribution is 7.86. The van der Waals surface area contributed by atoms with E-state index in [0.717, 1.165) is 11.6 Å². The Labute approximate surface area is 219 Å². The van der Waals surface area contributed by atoms with Crippen molar-refractivity contribution in [2.24, 2.45) is 10.2 Å². The molecule has 38 heavy (non-hydrogen) atoms. The maximum atomic E-state index is 13.0. The third-order valence-electron chi connectivity index (χ3n) is 5.51. The minimum atomic E-state index is -4.81. The summed E-state index contributed by atoms with van der Waals surface area (Å²) >= 11 is 1.27. The molecule has 0 aliphatic rings. The molecule has 0 aliphatic carbocycles. The number of hydrogen-bond acceptors (Lipinski definition) is 9. The summed E-state index contributed by atoms with van der Waals surface area (Å²) in [5.41, 5.74) is 1.68. The lowest BCUT2D eigenvalue weighted by Gasteiger charge is -2.07. The van der Waals surface area contributed by atoms with Crippen molar-refractivity contribution in [3.63, 3.8) is 0 Å². The molecule has 194 valence electrons. The number of benzene rings is 3. The molecule has 5 rings (SSSR count). The van der Waals surface area contributed by atoms with E-state index in [0.29, 0.717) is 22.6 Å². The molecule has 3 aromatic carbocycles. The van der Waals surface area contributed by atoms with Gasteiger partial charge in [-0.25, -0.2) is 4.98 Å². The molecule has 0 saturated heterocycles. The lowest BCUT2D eigenvalue weighted by Crippen LogP contribution is -2.13. The molecular formula is C23H17N5O7S3. The van der Waals surface area contributed by atoms with Gasteiger partial charge in [-0.05, 0) is 36.6 Å². The first-order chi connectivity index (χ1) is 17.9. The number of aromatic nitrogens is 3. The van der Waals surface area contributed by atoms with Crippen molar-refractivity contribution in [1.29, 1.82) is 0 Å². The Morgan fingerprint density at radius 1 is 0.947 bits per heavy atom. The van der Waals surface area contributed by atoms with E-state index in [9.17, 15) is 30.7 Å². The van der Waals surface area contributed by atoms with Crippen molar-refractivity contribution in [1.82, 2.24) is 14.8 Å². The third-order valence-corrected chi connectivity index (χ3v) is 8.06. The highest BCUT2D eigenvalue weighted by atomic mass is 32.2. The molecule has 0 aliphatic heterocycles. The molecule has 2 aromatic heterocycles. The second kappa shape index (κ2) is 9.38. The number of aromatic amines is 1. The zero-order valence-corrected chi connectivity index (χ0v) is 21.7. The normalized spacial score (nSPS) is 12.5. The Bertz CT molecular complexity index is 2010.